The molecule has 8 nitrogen and oxygen atoms in total. The maximum atomic E-state index is 12.5. The van der Waals surface area contributed by atoms with Crippen molar-refractivity contribution in [1.29, 1.82) is 0 Å². The molecule has 8 heteroatoms. The molecule has 0 aliphatic rings. The van der Waals surface area contributed by atoms with Gasteiger partial charge in [0.25, 0.3) is 5.91 Å². The highest BCUT2D eigenvalue weighted by Gasteiger charge is 2.20. The molecule has 2 amide bonds. The molecule has 0 bridgehead atoms. The minimum absolute atomic E-state index is 0.0233. The quantitative estimate of drug-likeness (QED) is 0.617. The van der Waals surface area contributed by atoms with Gasteiger partial charge in [0, 0.05) is 11.4 Å². The summed E-state index contributed by atoms with van der Waals surface area (Å²) in [5.74, 6) is -0.750. The molecule has 0 saturated carbocycles. The highest BCUT2D eigenvalue weighted by molar-refractivity contribution is 6.06. The summed E-state index contributed by atoms with van der Waals surface area (Å²) in [4.78, 5) is 25.0. The molecule has 29 heavy (non-hydrogen) atoms. The van der Waals surface area contributed by atoms with Gasteiger partial charge >= 0.3 is 0 Å². The zero-order chi connectivity index (χ0) is 21.1. The van der Waals surface area contributed by atoms with Crippen LogP contribution in [0.1, 0.15) is 32.7 Å². The Balaban J connectivity index is 1.71. The van der Waals surface area contributed by atoms with Crippen molar-refractivity contribution >= 4 is 29.0 Å². The number of amides is 2. The Morgan fingerprint density at radius 2 is 1.69 bits per heavy atom. The standard InChI is InChI=1S/C21H24N6O2/c1-12-8-9-16(15(4)10-12)23-21(29)19-20(22)27(26-25-19)11-17(28)24-18-13(2)6-5-7-14(18)3/h5-10H,11,22H2,1-4H3,(H,23,29)(H,24,28). The number of aryl methyl sites for hydroxylation is 4. The van der Waals surface area contributed by atoms with Crippen LogP contribution in [0.25, 0.3) is 0 Å². The number of hydrogen-bond donors (Lipinski definition) is 3. The first kappa shape index (κ1) is 20.1. The summed E-state index contributed by atoms with van der Waals surface area (Å²) >= 11 is 0. The fraction of sp³-hybridized carbons (Fsp3) is 0.238. The molecule has 2 aromatic carbocycles. The van der Waals surface area contributed by atoms with Crippen molar-refractivity contribution in [2.24, 2.45) is 0 Å². The molecule has 0 radical (unpaired) electrons. The first-order valence-corrected chi connectivity index (χ1v) is 9.20. The second-order valence-corrected chi connectivity index (χ2v) is 7.07. The number of hydrogen-bond acceptors (Lipinski definition) is 5. The molecule has 0 spiro atoms. The fourth-order valence-corrected chi connectivity index (χ4v) is 3.06. The Bertz CT molecular complexity index is 1070. The second-order valence-electron chi connectivity index (χ2n) is 7.07. The predicted molar refractivity (Wildman–Crippen MR) is 113 cm³/mol. The minimum atomic E-state index is -0.476. The molecular weight excluding hydrogens is 368 g/mol. The Morgan fingerprint density at radius 3 is 2.34 bits per heavy atom. The topological polar surface area (TPSA) is 115 Å². The zero-order valence-corrected chi connectivity index (χ0v) is 16.9. The first-order valence-electron chi connectivity index (χ1n) is 9.20. The van der Waals surface area contributed by atoms with Crippen molar-refractivity contribution in [3.8, 4) is 0 Å². The van der Waals surface area contributed by atoms with E-state index in [1.165, 1.54) is 4.68 Å². The average Bonchev–Trinajstić information content (AvgIpc) is 3.01. The van der Waals surface area contributed by atoms with Crippen LogP contribution < -0.4 is 16.4 Å². The Labute approximate surface area is 169 Å². The van der Waals surface area contributed by atoms with Crippen LogP contribution >= 0.6 is 0 Å². The van der Waals surface area contributed by atoms with Crippen molar-refractivity contribution < 1.29 is 9.59 Å². The van der Waals surface area contributed by atoms with Crippen LogP contribution in [0.2, 0.25) is 0 Å². The van der Waals surface area contributed by atoms with Gasteiger partial charge in [-0.25, -0.2) is 4.68 Å². The van der Waals surface area contributed by atoms with Crippen molar-refractivity contribution in [2.45, 2.75) is 34.2 Å². The van der Waals surface area contributed by atoms with E-state index in [0.717, 1.165) is 27.9 Å². The lowest BCUT2D eigenvalue weighted by atomic mass is 10.1. The van der Waals surface area contributed by atoms with Crippen molar-refractivity contribution in [2.75, 3.05) is 16.4 Å². The molecule has 3 aromatic rings. The Kier molecular flexibility index (Phi) is 5.63. The van der Waals surface area contributed by atoms with Crippen LogP contribution in [-0.2, 0) is 11.3 Å². The largest absolute Gasteiger partial charge is 0.382 e. The van der Waals surface area contributed by atoms with E-state index in [1.54, 1.807) is 0 Å². The number of aromatic nitrogens is 3. The average molecular weight is 392 g/mol. The van der Waals surface area contributed by atoms with Crippen LogP contribution in [0, 0.1) is 27.7 Å². The van der Waals surface area contributed by atoms with Crippen molar-refractivity contribution in [1.82, 2.24) is 15.0 Å². The van der Waals surface area contributed by atoms with E-state index in [-0.39, 0.29) is 24.0 Å². The SMILES string of the molecule is Cc1ccc(NC(=O)c2nnn(CC(=O)Nc3c(C)cccc3C)c2N)c(C)c1. The molecule has 0 aliphatic carbocycles. The molecule has 0 aliphatic heterocycles. The summed E-state index contributed by atoms with van der Waals surface area (Å²) in [6.07, 6.45) is 0. The number of benzene rings is 2. The Morgan fingerprint density at radius 1 is 1.00 bits per heavy atom. The third-order valence-corrected chi connectivity index (χ3v) is 4.66. The van der Waals surface area contributed by atoms with Gasteiger partial charge in [-0.15, -0.1) is 5.10 Å². The van der Waals surface area contributed by atoms with Gasteiger partial charge in [0.2, 0.25) is 5.91 Å². The van der Waals surface area contributed by atoms with E-state index in [1.807, 2.05) is 64.1 Å². The molecule has 0 unspecified atom stereocenters. The summed E-state index contributed by atoms with van der Waals surface area (Å²) < 4.78 is 1.21. The third-order valence-electron chi connectivity index (χ3n) is 4.66. The lowest BCUT2D eigenvalue weighted by molar-refractivity contribution is -0.116. The van der Waals surface area contributed by atoms with E-state index in [2.05, 4.69) is 20.9 Å². The first-order chi connectivity index (χ1) is 13.8. The summed E-state index contributed by atoms with van der Waals surface area (Å²) in [5.41, 5.74) is 11.4. The number of anilines is 3. The molecule has 3 rings (SSSR count). The van der Waals surface area contributed by atoms with E-state index in [9.17, 15) is 9.59 Å². The number of nitrogens with one attached hydrogen (secondary N) is 2. The van der Waals surface area contributed by atoms with Crippen LogP contribution in [0.4, 0.5) is 17.2 Å². The van der Waals surface area contributed by atoms with Gasteiger partial charge < -0.3 is 16.4 Å². The van der Waals surface area contributed by atoms with E-state index < -0.39 is 5.91 Å². The van der Waals surface area contributed by atoms with Crippen LogP contribution in [0.3, 0.4) is 0 Å². The maximum absolute atomic E-state index is 12.5. The van der Waals surface area contributed by atoms with Gasteiger partial charge in [-0.2, -0.15) is 0 Å². The molecule has 0 saturated heterocycles. The van der Waals surface area contributed by atoms with E-state index in [4.69, 9.17) is 5.73 Å². The molecule has 150 valence electrons. The lowest BCUT2D eigenvalue weighted by Gasteiger charge is -2.11. The number of para-hydroxylation sites is 1. The van der Waals surface area contributed by atoms with Crippen molar-refractivity contribution in [3.05, 3.63) is 64.3 Å². The molecule has 0 fully saturated rings. The van der Waals surface area contributed by atoms with E-state index >= 15 is 0 Å². The predicted octanol–water partition coefficient (Wildman–Crippen LogP) is 2.98. The lowest BCUT2D eigenvalue weighted by Crippen LogP contribution is -2.22. The number of nitrogens with two attached hydrogens (primary N) is 1. The number of rotatable bonds is 5. The normalized spacial score (nSPS) is 10.6. The minimum Gasteiger partial charge on any atom is -0.382 e. The molecule has 4 N–H and O–H groups in total. The number of nitrogen functional groups attached to an aromatic ring is 1. The molecule has 1 heterocycles. The van der Waals surface area contributed by atoms with Gasteiger partial charge in [0.05, 0.1) is 0 Å². The number of carbonyl (C=O) groups excluding carboxylic acids is 2. The van der Waals surface area contributed by atoms with E-state index in [0.29, 0.717) is 5.69 Å². The highest BCUT2D eigenvalue weighted by Crippen LogP contribution is 2.20. The summed E-state index contributed by atoms with van der Waals surface area (Å²) in [6.45, 7) is 7.57. The number of carbonyl (C=O) groups is 2. The van der Waals surface area contributed by atoms with Gasteiger partial charge in [0.15, 0.2) is 11.5 Å². The molecule has 0 atom stereocenters. The van der Waals surface area contributed by atoms with Gasteiger partial charge in [-0.1, -0.05) is 41.1 Å². The van der Waals surface area contributed by atoms with Gasteiger partial charge in [-0.05, 0) is 50.5 Å². The summed E-state index contributed by atoms with van der Waals surface area (Å²) in [6, 6.07) is 11.5. The fourth-order valence-electron chi connectivity index (χ4n) is 3.06. The van der Waals surface area contributed by atoms with Crippen LogP contribution in [0.15, 0.2) is 36.4 Å². The van der Waals surface area contributed by atoms with Crippen LogP contribution in [0.5, 0.6) is 0 Å². The summed E-state index contributed by atoms with van der Waals surface area (Å²) in [5, 5.41) is 13.4. The maximum Gasteiger partial charge on any atom is 0.280 e. The van der Waals surface area contributed by atoms with Gasteiger partial charge in [0.1, 0.15) is 6.54 Å². The Hall–Kier alpha value is -3.68. The zero-order valence-electron chi connectivity index (χ0n) is 16.9. The number of nitrogens with zero attached hydrogens (tertiary/aromatic N) is 3. The van der Waals surface area contributed by atoms with Gasteiger partial charge in [-0.3, -0.25) is 9.59 Å². The van der Waals surface area contributed by atoms with Crippen molar-refractivity contribution in [3.63, 3.8) is 0 Å². The summed E-state index contributed by atoms with van der Waals surface area (Å²) in [7, 11) is 0. The smallest absolute Gasteiger partial charge is 0.280 e. The second kappa shape index (κ2) is 8.14. The molecule has 1 aromatic heterocycles. The third kappa shape index (κ3) is 4.43. The monoisotopic (exact) mass is 392 g/mol. The highest BCUT2D eigenvalue weighted by atomic mass is 16.2. The molecular formula is C21H24N6O2. The van der Waals surface area contributed by atoms with Crippen LogP contribution in [-0.4, -0.2) is 26.8 Å².